The van der Waals surface area contributed by atoms with Crippen LogP contribution in [0.4, 0.5) is 0 Å². The lowest BCUT2D eigenvalue weighted by atomic mass is 9.74. The van der Waals surface area contributed by atoms with Crippen LogP contribution in [-0.4, -0.2) is 20.2 Å². The SMILES string of the molecule is COC(=O)[C@H]1C=C[C@H](c2ccccc2)[C@]1(OC)c1ccccc1. The molecule has 0 unspecified atom stereocenters. The Morgan fingerprint density at radius 3 is 2.09 bits per heavy atom. The molecule has 0 radical (unpaired) electrons. The van der Waals surface area contributed by atoms with Crippen LogP contribution in [0, 0.1) is 5.92 Å². The number of carbonyl (C=O) groups is 1. The van der Waals surface area contributed by atoms with Gasteiger partial charge in [-0.25, -0.2) is 0 Å². The van der Waals surface area contributed by atoms with E-state index in [1.807, 2.05) is 60.7 Å². The summed E-state index contributed by atoms with van der Waals surface area (Å²) in [6.07, 6.45) is 3.95. The quantitative estimate of drug-likeness (QED) is 0.638. The number of hydrogen-bond donors (Lipinski definition) is 0. The second-order valence-electron chi connectivity index (χ2n) is 5.64. The number of hydrogen-bond acceptors (Lipinski definition) is 3. The first-order valence-electron chi connectivity index (χ1n) is 7.65. The Morgan fingerprint density at radius 1 is 0.913 bits per heavy atom. The number of ether oxygens (including phenoxy) is 2. The first-order chi connectivity index (χ1) is 11.2. The van der Waals surface area contributed by atoms with Crippen molar-refractivity contribution < 1.29 is 14.3 Å². The second-order valence-corrected chi connectivity index (χ2v) is 5.64. The molecule has 1 aliphatic carbocycles. The zero-order chi connectivity index (χ0) is 16.3. The van der Waals surface area contributed by atoms with Crippen molar-refractivity contribution in [2.75, 3.05) is 14.2 Å². The van der Waals surface area contributed by atoms with E-state index in [1.54, 1.807) is 7.11 Å². The predicted octanol–water partition coefficient (Wildman–Crippen LogP) is 3.67. The molecule has 0 N–H and O–H groups in total. The zero-order valence-electron chi connectivity index (χ0n) is 13.3. The summed E-state index contributed by atoms with van der Waals surface area (Å²) in [6, 6.07) is 20.0. The van der Waals surface area contributed by atoms with E-state index in [1.165, 1.54) is 7.11 Å². The van der Waals surface area contributed by atoms with Crippen molar-refractivity contribution in [2.45, 2.75) is 11.5 Å². The minimum atomic E-state index is -0.796. The molecule has 0 saturated carbocycles. The summed E-state index contributed by atoms with van der Waals surface area (Å²) >= 11 is 0. The molecule has 0 aromatic heterocycles. The first kappa shape index (κ1) is 15.5. The molecule has 1 aliphatic rings. The molecule has 0 amide bonds. The van der Waals surface area contributed by atoms with Gasteiger partial charge in [-0.15, -0.1) is 0 Å². The fraction of sp³-hybridized carbons (Fsp3) is 0.250. The van der Waals surface area contributed by atoms with Crippen molar-refractivity contribution in [1.29, 1.82) is 0 Å². The fourth-order valence-electron chi connectivity index (χ4n) is 3.53. The average Bonchev–Trinajstić information content (AvgIpc) is 3.03. The maximum atomic E-state index is 12.4. The van der Waals surface area contributed by atoms with Gasteiger partial charge in [-0.2, -0.15) is 0 Å². The van der Waals surface area contributed by atoms with Crippen molar-refractivity contribution >= 4 is 5.97 Å². The predicted molar refractivity (Wildman–Crippen MR) is 89.0 cm³/mol. The molecule has 0 saturated heterocycles. The average molecular weight is 308 g/mol. The van der Waals surface area contributed by atoms with Gasteiger partial charge in [-0.1, -0.05) is 72.8 Å². The highest BCUT2D eigenvalue weighted by Crippen LogP contribution is 2.51. The molecule has 3 nitrogen and oxygen atoms in total. The van der Waals surface area contributed by atoms with Crippen LogP contribution in [0.5, 0.6) is 0 Å². The molecule has 0 spiro atoms. The third kappa shape index (κ3) is 2.47. The highest BCUT2D eigenvalue weighted by molar-refractivity contribution is 5.78. The lowest BCUT2D eigenvalue weighted by Gasteiger charge is -2.39. The van der Waals surface area contributed by atoms with E-state index < -0.39 is 11.5 Å². The highest BCUT2D eigenvalue weighted by Gasteiger charge is 2.53. The molecule has 0 fully saturated rings. The Bertz CT molecular complexity index is 693. The van der Waals surface area contributed by atoms with Crippen LogP contribution >= 0.6 is 0 Å². The van der Waals surface area contributed by atoms with Gasteiger partial charge in [0, 0.05) is 13.0 Å². The van der Waals surface area contributed by atoms with Crippen LogP contribution in [0.1, 0.15) is 17.0 Å². The van der Waals surface area contributed by atoms with Gasteiger partial charge in [0.25, 0.3) is 0 Å². The van der Waals surface area contributed by atoms with E-state index in [4.69, 9.17) is 9.47 Å². The van der Waals surface area contributed by atoms with Crippen LogP contribution < -0.4 is 0 Å². The molecule has 3 heteroatoms. The number of carbonyl (C=O) groups excluding carboxylic acids is 1. The van der Waals surface area contributed by atoms with Crippen LogP contribution in [0.2, 0.25) is 0 Å². The molecule has 2 aromatic carbocycles. The smallest absolute Gasteiger partial charge is 0.315 e. The van der Waals surface area contributed by atoms with E-state index in [2.05, 4.69) is 12.1 Å². The minimum Gasteiger partial charge on any atom is -0.468 e. The highest BCUT2D eigenvalue weighted by atomic mass is 16.5. The van der Waals surface area contributed by atoms with E-state index in [9.17, 15) is 4.79 Å². The van der Waals surface area contributed by atoms with E-state index in [0.717, 1.165) is 11.1 Å². The topological polar surface area (TPSA) is 35.5 Å². The van der Waals surface area contributed by atoms with Crippen LogP contribution in [0.25, 0.3) is 0 Å². The zero-order valence-corrected chi connectivity index (χ0v) is 13.3. The van der Waals surface area contributed by atoms with Crippen molar-refractivity contribution in [1.82, 2.24) is 0 Å². The van der Waals surface area contributed by atoms with Crippen molar-refractivity contribution in [3.63, 3.8) is 0 Å². The molecule has 3 atom stereocenters. The number of methoxy groups -OCH3 is 2. The maximum absolute atomic E-state index is 12.4. The van der Waals surface area contributed by atoms with Crippen LogP contribution in [0.15, 0.2) is 72.8 Å². The van der Waals surface area contributed by atoms with Gasteiger partial charge in [0.2, 0.25) is 0 Å². The normalized spacial score (nSPS) is 26.2. The largest absolute Gasteiger partial charge is 0.468 e. The van der Waals surface area contributed by atoms with Crippen molar-refractivity contribution in [2.24, 2.45) is 5.92 Å². The number of rotatable bonds is 4. The molecule has 3 rings (SSSR count). The maximum Gasteiger partial charge on any atom is 0.315 e. The van der Waals surface area contributed by atoms with Crippen LogP contribution in [-0.2, 0) is 19.9 Å². The van der Waals surface area contributed by atoms with E-state index >= 15 is 0 Å². The van der Waals surface area contributed by atoms with Gasteiger partial charge in [0.1, 0.15) is 11.5 Å². The van der Waals surface area contributed by atoms with Gasteiger partial charge in [-0.05, 0) is 11.1 Å². The Hall–Kier alpha value is -2.39. The summed E-state index contributed by atoms with van der Waals surface area (Å²) in [5, 5.41) is 0. The first-order valence-corrected chi connectivity index (χ1v) is 7.65. The lowest BCUT2D eigenvalue weighted by molar-refractivity contribution is -0.155. The molecular weight excluding hydrogens is 288 g/mol. The Kier molecular flexibility index (Phi) is 4.30. The third-order valence-electron chi connectivity index (χ3n) is 4.60. The molecule has 0 heterocycles. The monoisotopic (exact) mass is 308 g/mol. The van der Waals surface area contributed by atoms with Gasteiger partial charge in [0.15, 0.2) is 0 Å². The molecule has 2 aromatic rings. The van der Waals surface area contributed by atoms with Crippen molar-refractivity contribution in [3.05, 3.63) is 83.9 Å². The van der Waals surface area contributed by atoms with E-state index in [0.29, 0.717) is 0 Å². The summed E-state index contributed by atoms with van der Waals surface area (Å²) in [6.45, 7) is 0. The summed E-state index contributed by atoms with van der Waals surface area (Å²) in [5.41, 5.74) is 1.29. The summed E-state index contributed by atoms with van der Waals surface area (Å²) < 4.78 is 11.1. The van der Waals surface area contributed by atoms with Gasteiger partial charge < -0.3 is 9.47 Å². The summed E-state index contributed by atoms with van der Waals surface area (Å²) in [7, 11) is 3.07. The molecule has 118 valence electrons. The summed E-state index contributed by atoms with van der Waals surface area (Å²) in [4.78, 5) is 12.4. The lowest BCUT2D eigenvalue weighted by Crippen LogP contribution is -2.42. The fourth-order valence-corrected chi connectivity index (χ4v) is 3.53. The van der Waals surface area contributed by atoms with Gasteiger partial charge >= 0.3 is 5.97 Å². The third-order valence-corrected chi connectivity index (χ3v) is 4.60. The van der Waals surface area contributed by atoms with Gasteiger partial charge in [0.05, 0.1) is 7.11 Å². The minimum absolute atomic E-state index is 0.0554. The molecule has 23 heavy (non-hydrogen) atoms. The van der Waals surface area contributed by atoms with E-state index in [-0.39, 0.29) is 11.9 Å². The van der Waals surface area contributed by atoms with Gasteiger partial charge in [-0.3, -0.25) is 4.79 Å². The Labute approximate surface area is 136 Å². The second kappa shape index (κ2) is 6.39. The molecule has 0 aliphatic heterocycles. The standard InChI is InChI=1S/C20H20O3/c1-22-19(21)18-14-13-17(15-9-5-3-6-10-15)20(18,23-2)16-11-7-4-8-12-16/h3-14,17-18H,1-2H3/t17-,18-,20-/m1/s1. The Balaban J connectivity index is 2.17. The number of esters is 1. The van der Waals surface area contributed by atoms with Crippen molar-refractivity contribution in [3.8, 4) is 0 Å². The molecular formula is C20H20O3. The Morgan fingerprint density at radius 2 is 1.52 bits per heavy atom. The van der Waals surface area contributed by atoms with Crippen LogP contribution in [0.3, 0.4) is 0 Å². The molecule has 0 bridgehead atoms. The number of benzene rings is 2. The summed E-state index contributed by atoms with van der Waals surface area (Å²) in [5.74, 6) is -0.823.